The minimum atomic E-state index is -3.55. The Hall–Kier alpha value is -2.38. The van der Waals surface area contributed by atoms with Gasteiger partial charge in [-0.15, -0.1) is 0 Å². The molecule has 2 rings (SSSR count). The summed E-state index contributed by atoms with van der Waals surface area (Å²) in [5.41, 5.74) is 2.59. The number of likely N-dealkylation sites (N-methyl/N-ethyl adjacent to an activating group) is 1. The van der Waals surface area contributed by atoms with Gasteiger partial charge in [0.05, 0.1) is 19.9 Å². The Bertz CT molecular complexity index is 879. The standard InChI is InChI=1S/C20H26N2O4S/c1-5-22(18-8-6-7-16(2)13-18)20(23)15-21(27(4,24)25)14-17-9-11-19(26-3)12-10-17/h6-13H,5,14-15H2,1-4H3. The van der Waals surface area contributed by atoms with Gasteiger partial charge in [-0.3, -0.25) is 4.79 Å². The van der Waals surface area contributed by atoms with Crippen molar-refractivity contribution in [1.82, 2.24) is 4.31 Å². The zero-order valence-corrected chi connectivity index (χ0v) is 17.0. The van der Waals surface area contributed by atoms with Crippen LogP contribution in [0.2, 0.25) is 0 Å². The van der Waals surface area contributed by atoms with Gasteiger partial charge >= 0.3 is 0 Å². The van der Waals surface area contributed by atoms with Gasteiger partial charge in [0.2, 0.25) is 15.9 Å². The van der Waals surface area contributed by atoms with Crippen LogP contribution < -0.4 is 9.64 Å². The number of hydrogen-bond acceptors (Lipinski definition) is 4. The third kappa shape index (κ3) is 5.80. The fourth-order valence-corrected chi connectivity index (χ4v) is 3.49. The van der Waals surface area contributed by atoms with Crippen molar-refractivity contribution in [2.24, 2.45) is 0 Å². The quantitative estimate of drug-likeness (QED) is 0.695. The number of carbonyl (C=O) groups is 1. The Labute approximate surface area is 161 Å². The van der Waals surface area contributed by atoms with Crippen molar-refractivity contribution in [3.05, 3.63) is 59.7 Å². The minimum Gasteiger partial charge on any atom is -0.497 e. The molecule has 0 N–H and O–H groups in total. The van der Waals surface area contributed by atoms with Crippen molar-refractivity contribution in [3.8, 4) is 5.75 Å². The average Bonchev–Trinajstić information content (AvgIpc) is 2.61. The van der Waals surface area contributed by atoms with Crippen LogP contribution in [0.25, 0.3) is 0 Å². The first-order chi connectivity index (χ1) is 12.7. The molecule has 0 aliphatic carbocycles. The van der Waals surface area contributed by atoms with Crippen LogP contribution in [0.4, 0.5) is 5.69 Å². The van der Waals surface area contributed by atoms with E-state index in [-0.39, 0.29) is 19.0 Å². The van der Waals surface area contributed by atoms with Gasteiger partial charge in [0.15, 0.2) is 0 Å². The molecular formula is C20H26N2O4S. The molecule has 0 heterocycles. The highest BCUT2D eigenvalue weighted by molar-refractivity contribution is 7.88. The first kappa shape index (κ1) is 20.9. The maximum Gasteiger partial charge on any atom is 0.242 e. The Kier molecular flexibility index (Phi) is 6.98. The van der Waals surface area contributed by atoms with E-state index in [2.05, 4.69) is 0 Å². The molecule has 0 saturated carbocycles. The second-order valence-corrected chi connectivity index (χ2v) is 8.34. The van der Waals surface area contributed by atoms with Crippen LogP contribution in [0.5, 0.6) is 5.75 Å². The van der Waals surface area contributed by atoms with E-state index in [4.69, 9.17) is 4.74 Å². The second-order valence-electron chi connectivity index (χ2n) is 6.36. The van der Waals surface area contributed by atoms with Crippen LogP contribution in [0.15, 0.2) is 48.5 Å². The van der Waals surface area contributed by atoms with E-state index in [0.29, 0.717) is 12.3 Å². The Balaban J connectivity index is 2.20. The number of carbonyl (C=O) groups excluding carboxylic acids is 1. The summed E-state index contributed by atoms with van der Waals surface area (Å²) in [6, 6.07) is 14.7. The van der Waals surface area contributed by atoms with Crippen LogP contribution >= 0.6 is 0 Å². The molecule has 0 spiro atoms. The molecule has 2 aromatic carbocycles. The smallest absolute Gasteiger partial charge is 0.242 e. The maximum atomic E-state index is 12.8. The maximum absolute atomic E-state index is 12.8. The largest absolute Gasteiger partial charge is 0.497 e. The van der Waals surface area contributed by atoms with Gasteiger partial charge in [-0.05, 0) is 49.2 Å². The van der Waals surface area contributed by atoms with Gasteiger partial charge in [-0.2, -0.15) is 4.31 Å². The zero-order chi connectivity index (χ0) is 20.0. The summed E-state index contributed by atoms with van der Waals surface area (Å²) >= 11 is 0. The normalized spacial score (nSPS) is 11.4. The lowest BCUT2D eigenvalue weighted by Crippen LogP contribution is -2.42. The lowest BCUT2D eigenvalue weighted by molar-refractivity contribution is -0.118. The van der Waals surface area contributed by atoms with Crippen LogP contribution in [-0.2, 0) is 21.4 Å². The summed E-state index contributed by atoms with van der Waals surface area (Å²) < 4.78 is 30.8. The molecule has 0 aliphatic rings. The molecule has 1 amide bonds. The number of ether oxygens (including phenoxy) is 1. The highest BCUT2D eigenvalue weighted by atomic mass is 32.2. The van der Waals surface area contributed by atoms with E-state index in [1.54, 1.807) is 36.3 Å². The predicted molar refractivity (Wildman–Crippen MR) is 107 cm³/mol. The molecule has 146 valence electrons. The van der Waals surface area contributed by atoms with Crippen molar-refractivity contribution in [2.45, 2.75) is 20.4 Å². The van der Waals surface area contributed by atoms with Gasteiger partial charge < -0.3 is 9.64 Å². The highest BCUT2D eigenvalue weighted by Crippen LogP contribution is 2.18. The van der Waals surface area contributed by atoms with E-state index in [9.17, 15) is 13.2 Å². The van der Waals surface area contributed by atoms with E-state index < -0.39 is 10.0 Å². The van der Waals surface area contributed by atoms with Crippen LogP contribution in [0, 0.1) is 6.92 Å². The first-order valence-electron chi connectivity index (χ1n) is 8.69. The molecule has 0 radical (unpaired) electrons. The molecule has 27 heavy (non-hydrogen) atoms. The Morgan fingerprint density at radius 1 is 1.11 bits per heavy atom. The molecule has 0 fully saturated rings. The lowest BCUT2D eigenvalue weighted by atomic mass is 10.2. The van der Waals surface area contributed by atoms with Gasteiger partial charge in [0.1, 0.15) is 5.75 Å². The summed E-state index contributed by atoms with van der Waals surface area (Å²) in [4.78, 5) is 14.4. The fraction of sp³-hybridized carbons (Fsp3) is 0.350. The van der Waals surface area contributed by atoms with Crippen molar-refractivity contribution in [3.63, 3.8) is 0 Å². The SMILES string of the molecule is CCN(C(=O)CN(Cc1ccc(OC)cc1)S(C)(=O)=O)c1cccc(C)c1. The van der Waals surface area contributed by atoms with Crippen molar-refractivity contribution in [2.75, 3.05) is 31.4 Å². The third-order valence-corrected chi connectivity index (χ3v) is 5.43. The minimum absolute atomic E-state index is 0.125. The summed E-state index contributed by atoms with van der Waals surface area (Å²) in [5.74, 6) is 0.430. The molecule has 7 heteroatoms. The highest BCUT2D eigenvalue weighted by Gasteiger charge is 2.24. The number of benzene rings is 2. The monoisotopic (exact) mass is 390 g/mol. The summed E-state index contributed by atoms with van der Waals surface area (Å²) in [6.07, 6.45) is 1.12. The van der Waals surface area contributed by atoms with Crippen LogP contribution in [-0.4, -0.2) is 45.1 Å². The summed E-state index contributed by atoms with van der Waals surface area (Å²) in [6.45, 7) is 4.19. The van der Waals surface area contributed by atoms with Crippen LogP contribution in [0.3, 0.4) is 0 Å². The average molecular weight is 391 g/mol. The van der Waals surface area contributed by atoms with Crippen LogP contribution in [0.1, 0.15) is 18.1 Å². The summed E-state index contributed by atoms with van der Waals surface area (Å²) in [7, 11) is -1.98. The Morgan fingerprint density at radius 2 is 1.78 bits per heavy atom. The van der Waals surface area contributed by atoms with Gasteiger partial charge in [-0.25, -0.2) is 8.42 Å². The lowest BCUT2D eigenvalue weighted by Gasteiger charge is -2.26. The number of sulfonamides is 1. The molecule has 0 bridgehead atoms. The number of amides is 1. The van der Waals surface area contributed by atoms with Crippen molar-refractivity contribution >= 4 is 21.6 Å². The molecular weight excluding hydrogens is 364 g/mol. The van der Waals surface area contributed by atoms with E-state index >= 15 is 0 Å². The van der Waals surface area contributed by atoms with Gasteiger partial charge in [-0.1, -0.05) is 24.3 Å². The van der Waals surface area contributed by atoms with E-state index in [1.807, 2.05) is 38.1 Å². The number of rotatable bonds is 8. The van der Waals surface area contributed by atoms with E-state index in [0.717, 1.165) is 23.1 Å². The molecule has 0 saturated heterocycles. The number of anilines is 1. The number of aryl methyl sites for hydroxylation is 1. The fourth-order valence-electron chi connectivity index (χ4n) is 2.76. The van der Waals surface area contributed by atoms with Gasteiger partial charge in [0, 0.05) is 18.8 Å². The third-order valence-electron chi connectivity index (χ3n) is 4.23. The van der Waals surface area contributed by atoms with Gasteiger partial charge in [0.25, 0.3) is 0 Å². The molecule has 6 nitrogen and oxygen atoms in total. The molecule has 0 aliphatic heterocycles. The zero-order valence-electron chi connectivity index (χ0n) is 16.2. The van der Waals surface area contributed by atoms with E-state index in [1.165, 1.54) is 4.31 Å². The van der Waals surface area contributed by atoms with Crippen molar-refractivity contribution < 1.29 is 17.9 Å². The number of hydrogen-bond donors (Lipinski definition) is 0. The number of nitrogens with zero attached hydrogens (tertiary/aromatic N) is 2. The first-order valence-corrected chi connectivity index (χ1v) is 10.5. The number of methoxy groups -OCH3 is 1. The summed E-state index contributed by atoms with van der Waals surface area (Å²) in [5, 5.41) is 0. The predicted octanol–water partition coefficient (Wildman–Crippen LogP) is 2.82. The topological polar surface area (TPSA) is 66.9 Å². The Morgan fingerprint density at radius 3 is 2.30 bits per heavy atom. The second kappa shape index (κ2) is 9.01. The molecule has 0 unspecified atom stereocenters. The molecule has 0 atom stereocenters. The van der Waals surface area contributed by atoms with Crippen molar-refractivity contribution in [1.29, 1.82) is 0 Å². The molecule has 0 aromatic heterocycles. The molecule has 2 aromatic rings.